The molecule has 0 saturated heterocycles. The van der Waals surface area contributed by atoms with Gasteiger partial charge in [0.1, 0.15) is 0 Å². The van der Waals surface area contributed by atoms with Gasteiger partial charge in [-0.3, -0.25) is 4.79 Å². The van der Waals surface area contributed by atoms with E-state index in [2.05, 4.69) is 28.7 Å². The Morgan fingerprint density at radius 2 is 2.11 bits per heavy atom. The third kappa shape index (κ3) is 2.56. The average Bonchev–Trinajstić information content (AvgIpc) is 3.39. The van der Waals surface area contributed by atoms with Gasteiger partial charge in [0.15, 0.2) is 5.69 Å². The fraction of sp³-hybridized carbons (Fsp3) is 0.200. The molecule has 136 valence electrons. The first kappa shape index (κ1) is 16.2. The summed E-state index contributed by atoms with van der Waals surface area (Å²) in [6.07, 6.45) is 5.12. The summed E-state index contributed by atoms with van der Waals surface area (Å²) in [6.45, 7) is 3.41. The molecule has 1 unspecified atom stereocenters. The lowest BCUT2D eigenvalue weighted by Crippen LogP contribution is -2.41. The van der Waals surface area contributed by atoms with E-state index in [9.17, 15) is 4.79 Å². The summed E-state index contributed by atoms with van der Waals surface area (Å²) >= 11 is 6.01. The highest BCUT2D eigenvalue weighted by Crippen LogP contribution is 2.33. The predicted molar refractivity (Wildman–Crippen MR) is 102 cm³/mol. The lowest BCUT2D eigenvalue weighted by atomic mass is 10.1. The van der Waals surface area contributed by atoms with Crippen molar-refractivity contribution in [1.29, 1.82) is 0 Å². The lowest BCUT2D eigenvalue weighted by Gasteiger charge is -2.35. The molecule has 7 heteroatoms. The molecular formula is C20H17ClN4O2. The maximum Gasteiger partial charge on any atom is 0.275 e. The smallest absolute Gasteiger partial charge is 0.275 e. The van der Waals surface area contributed by atoms with Gasteiger partial charge < -0.3 is 13.9 Å². The van der Waals surface area contributed by atoms with Gasteiger partial charge in [0.05, 0.1) is 34.8 Å². The Morgan fingerprint density at radius 1 is 1.22 bits per heavy atom. The number of fused-ring (bicyclic) bond motifs is 2. The van der Waals surface area contributed by atoms with Crippen LogP contribution in [0.5, 0.6) is 0 Å². The van der Waals surface area contributed by atoms with Crippen LogP contribution in [-0.2, 0) is 6.54 Å². The molecule has 1 atom stereocenters. The van der Waals surface area contributed by atoms with E-state index < -0.39 is 0 Å². The molecule has 0 fully saturated rings. The molecule has 1 amide bonds. The number of halogens is 1. The van der Waals surface area contributed by atoms with Gasteiger partial charge in [0, 0.05) is 30.5 Å². The van der Waals surface area contributed by atoms with Crippen molar-refractivity contribution >= 4 is 23.0 Å². The second-order valence-corrected chi connectivity index (χ2v) is 7.16. The number of amides is 1. The fourth-order valence-electron chi connectivity index (χ4n) is 3.81. The van der Waals surface area contributed by atoms with Crippen LogP contribution in [0.4, 0.5) is 0 Å². The van der Waals surface area contributed by atoms with Crippen molar-refractivity contribution in [2.45, 2.75) is 19.5 Å². The van der Waals surface area contributed by atoms with Crippen molar-refractivity contribution in [3.05, 3.63) is 71.5 Å². The third-order valence-corrected chi connectivity index (χ3v) is 5.42. The second-order valence-electron chi connectivity index (χ2n) is 6.73. The molecule has 0 saturated carbocycles. The zero-order valence-electron chi connectivity index (χ0n) is 14.7. The number of hydrogen-bond acceptors (Lipinski definition) is 3. The number of pyridine rings is 1. The van der Waals surface area contributed by atoms with E-state index in [-0.39, 0.29) is 11.9 Å². The Hall–Kier alpha value is -2.99. The molecule has 0 radical (unpaired) electrons. The highest BCUT2D eigenvalue weighted by molar-refractivity contribution is 6.30. The van der Waals surface area contributed by atoms with Gasteiger partial charge in [-0.05, 0) is 43.3 Å². The molecule has 5 heterocycles. The van der Waals surface area contributed by atoms with Crippen LogP contribution in [0.15, 0.2) is 59.5 Å². The molecule has 0 bridgehead atoms. The largest absolute Gasteiger partial charge is 0.472 e. The van der Waals surface area contributed by atoms with Crippen molar-refractivity contribution in [2.24, 2.45) is 0 Å². The number of nitrogens with zero attached hydrogens (tertiary/aromatic N) is 4. The van der Waals surface area contributed by atoms with Crippen LogP contribution in [0, 0.1) is 0 Å². The van der Waals surface area contributed by atoms with E-state index in [1.54, 1.807) is 35.4 Å². The van der Waals surface area contributed by atoms with E-state index in [1.165, 1.54) is 0 Å². The predicted octanol–water partition coefficient (Wildman–Crippen LogP) is 4.27. The van der Waals surface area contributed by atoms with Crippen LogP contribution >= 0.6 is 11.6 Å². The van der Waals surface area contributed by atoms with Gasteiger partial charge in [0.2, 0.25) is 0 Å². The summed E-state index contributed by atoms with van der Waals surface area (Å²) in [4.78, 5) is 15.0. The van der Waals surface area contributed by atoms with Crippen molar-refractivity contribution in [3.63, 3.8) is 0 Å². The van der Waals surface area contributed by atoms with Crippen LogP contribution in [0.3, 0.4) is 0 Å². The molecule has 5 rings (SSSR count). The maximum absolute atomic E-state index is 13.1. The van der Waals surface area contributed by atoms with Gasteiger partial charge >= 0.3 is 0 Å². The first-order valence-electron chi connectivity index (χ1n) is 8.80. The number of hydrogen-bond donors (Lipinski definition) is 0. The summed E-state index contributed by atoms with van der Waals surface area (Å²) in [7, 11) is 0. The number of carbonyl (C=O) groups excluding carboxylic acids is 1. The second kappa shape index (κ2) is 6.03. The van der Waals surface area contributed by atoms with Gasteiger partial charge in [-0.15, -0.1) is 0 Å². The molecule has 1 aliphatic heterocycles. The first-order valence-corrected chi connectivity index (χ1v) is 9.17. The number of carbonyl (C=O) groups is 1. The minimum absolute atomic E-state index is 0.0414. The Balaban J connectivity index is 1.47. The Labute approximate surface area is 160 Å². The average molecular weight is 381 g/mol. The van der Waals surface area contributed by atoms with Gasteiger partial charge in [-0.25, -0.2) is 4.52 Å². The quantitative estimate of drug-likeness (QED) is 0.522. The van der Waals surface area contributed by atoms with Crippen LogP contribution in [0.2, 0.25) is 5.02 Å². The topological polar surface area (TPSA) is 55.7 Å². The Kier molecular flexibility index (Phi) is 3.62. The molecule has 4 aromatic rings. The molecule has 27 heavy (non-hydrogen) atoms. The van der Waals surface area contributed by atoms with E-state index in [4.69, 9.17) is 16.0 Å². The van der Waals surface area contributed by atoms with Crippen LogP contribution in [0.1, 0.15) is 29.1 Å². The van der Waals surface area contributed by atoms with Crippen LogP contribution in [-0.4, -0.2) is 31.5 Å². The molecule has 4 aromatic heterocycles. The molecule has 0 aromatic carbocycles. The van der Waals surface area contributed by atoms with E-state index in [0.29, 0.717) is 17.3 Å². The Morgan fingerprint density at radius 3 is 2.93 bits per heavy atom. The summed E-state index contributed by atoms with van der Waals surface area (Å²) in [5.41, 5.74) is 4.54. The number of rotatable bonds is 2. The monoisotopic (exact) mass is 380 g/mol. The van der Waals surface area contributed by atoms with Gasteiger partial charge in [-0.1, -0.05) is 11.6 Å². The van der Waals surface area contributed by atoms with Crippen molar-refractivity contribution in [2.75, 3.05) is 6.54 Å². The third-order valence-electron chi connectivity index (χ3n) is 5.19. The van der Waals surface area contributed by atoms with Crippen molar-refractivity contribution < 1.29 is 9.21 Å². The van der Waals surface area contributed by atoms with Crippen molar-refractivity contribution in [3.8, 4) is 11.3 Å². The summed E-state index contributed by atoms with van der Waals surface area (Å²) < 4.78 is 9.11. The molecule has 0 spiro atoms. The van der Waals surface area contributed by atoms with Crippen molar-refractivity contribution in [1.82, 2.24) is 19.1 Å². The minimum atomic E-state index is -0.0698. The molecule has 0 N–H and O–H groups in total. The SMILES string of the molecule is CC1c2ccc(-c3ccoc3)n2CCN1C(=O)c1cc2ccc(Cl)cn2n1. The van der Waals surface area contributed by atoms with E-state index in [0.717, 1.165) is 29.0 Å². The number of aromatic nitrogens is 3. The van der Waals surface area contributed by atoms with Gasteiger partial charge in [0.25, 0.3) is 5.91 Å². The van der Waals surface area contributed by atoms with Crippen LogP contribution in [0.25, 0.3) is 16.8 Å². The molecule has 1 aliphatic rings. The summed E-state index contributed by atoms with van der Waals surface area (Å²) in [5.74, 6) is -0.0698. The maximum atomic E-state index is 13.1. The minimum Gasteiger partial charge on any atom is -0.472 e. The number of furan rings is 1. The standard InChI is InChI=1S/C20H17ClN4O2/c1-13-18-4-5-19(14-6-9-27-12-14)24(18)8-7-23(13)20(26)17-10-16-3-2-15(21)11-25(16)22-17/h2-6,9-13H,7-8H2,1H3. The Bertz CT molecular complexity index is 1140. The highest BCUT2D eigenvalue weighted by atomic mass is 35.5. The van der Waals surface area contributed by atoms with E-state index >= 15 is 0 Å². The van der Waals surface area contributed by atoms with E-state index in [1.807, 2.05) is 17.0 Å². The molecule has 0 aliphatic carbocycles. The highest BCUT2D eigenvalue weighted by Gasteiger charge is 2.31. The van der Waals surface area contributed by atoms with Gasteiger partial charge in [-0.2, -0.15) is 5.10 Å². The first-order chi connectivity index (χ1) is 13.1. The summed E-state index contributed by atoms with van der Waals surface area (Å²) in [6, 6.07) is 11.5. The zero-order valence-corrected chi connectivity index (χ0v) is 15.4. The van der Waals surface area contributed by atoms with Crippen LogP contribution < -0.4 is 0 Å². The normalized spacial score (nSPS) is 16.7. The molecular weight excluding hydrogens is 364 g/mol. The lowest BCUT2D eigenvalue weighted by molar-refractivity contribution is 0.0638. The molecule has 6 nitrogen and oxygen atoms in total. The fourth-order valence-corrected chi connectivity index (χ4v) is 3.97. The zero-order chi connectivity index (χ0) is 18.5. The summed E-state index contributed by atoms with van der Waals surface area (Å²) in [5, 5.41) is 4.99.